The van der Waals surface area contributed by atoms with E-state index in [1.54, 1.807) is 6.92 Å². The second-order valence-corrected chi connectivity index (χ2v) is 8.09. The summed E-state index contributed by atoms with van der Waals surface area (Å²) in [5, 5.41) is 3.40. The first kappa shape index (κ1) is 16.7. The zero-order valence-electron chi connectivity index (χ0n) is 11.7. The van der Waals surface area contributed by atoms with Crippen LogP contribution in [0.5, 0.6) is 0 Å². The van der Waals surface area contributed by atoms with Crippen LogP contribution in [0.1, 0.15) is 38.8 Å². The van der Waals surface area contributed by atoms with E-state index in [1.165, 1.54) is 5.56 Å². The molecule has 0 saturated heterocycles. The minimum atomic E-state index is -2.93. The van der Waals surface area contributed by atoms with Crippen molar-refractivity contribution in [3.63, 3.8) is 0 Å². The SMILES string of the molecule is CCC(NC(C)CS(=O)(=O)CC)c1ccc(Br)cc1. The van der Waals surface area contributed by atoms with Gasteiger partial charge < -0.3 is 5.32 Å². The summed E-state index contributed by atoms with van der Waals surface area (Å²) in [5.41, 5.74) is 1.19. The lowest BCUT2D eigenvalue weighted by molar-refractivity contribution is 0.463. The fraction of sp³-hybridized carbons (Fsp3) is 0.571. The smallest absolute Gasteiger partial charge is 0.151 e. The van der Waals surface area contributed by atoms with Gasteiger partial charge in [-0.2, -0.15) is 0 Å². The Morgan fingerprint density at radius 1 is 1.21 bits per heavy atom. The molecular weight excluding hydrogens is 326 g/mol. The van der Waals surface area contributed by atoms with Crippen LogP contribution in [0.4, 0.5) is 0 Å². The number of halogens is 1. The number of hydrogen-bond acceptors (Lipinski definition) is 3. The maximum absolute atomic E-state index is 11.6. The molecule has 0 radical (unpaired) electrons. The summed E-state index contributed by atoms with van der Waals surface area (Å²) in [4.78, 5) is 0. The van der Waals surface area contributed by atoms with E-state index in [1.807, 2.05) is 19.1 Å². The van der Waals surface area contributed by atoms with Gasteiger partial charge in [0, 0.05) is 22.3 Å². The predicted molar refractivity (Wildman–Crippen MR) is 84.1 cm³/mol. The molecule has 0 fully saturated rings. The maximum Gasteiger partial charge on any atom is 0.151 e. The predicted octanol–water partition coefficient (Wildman–Crippen LogP) is 3.31. The Balaban J connectivity index is 2.69. The fourth-order valence-corrected chi connectivity index (χ4v) is 3.39. The van der Waals surface area contributed by atoms with E-state index in [0.29, 0.717) is 0 Å². The quantitative estimate of drug-likeness (QED) is 0.822. The third-order valence-corrected chi connectivity index (χ3v) is 5.53. The van der Waals surface area contributed by atoms with Crippen molar-refractivity contribution in [1.82, 2.24) is 5.32 Å². The third-order valence-electron chi connectivity index (χ3n) is 3.11. The first-order valence-corrected chi connectivity index (χ1v) is 9.21. The highest BCUT2D eigenvalue weighted by Gasteiger charge is 2.17. The molecule has 5 heteroatoms. The molecule has 0 heterocycles. The number of rotatable bonds is 7. The molecule has 0 aliphatic carbocycles. The van der Waals surface area contributed by atoms with E-state index in [2.05, 4.69) is 40.3 Å². The molecule has 0 aromatic heterocycles. The molecular formula is C14H22BrNO2S. The highest BCUT2D eigenvalue weighted by molar-refractivity contribution is 9.10. The van der Waals surface area contributed by atoms with Crippen LogP contribution in [-0.4, -0.2) is 26.0 Å². The summed E-state index contributed by atoms with van der Waals surface area (Å²) in [5.74, 6) is 0.393. The summed E-state index contributed by atoms with van der Waals surface area (Å²) >= 11 is 3.42. The summed E-state index contributed by atoms with van der Waals surface area (Å²) in [6, 6.07) is 8.28. The van der Waals surface area contributed by atoms with Crippen molar-refractivity contribution < 1.29 is 8.42 Å². The fourth-order valence-electron chi connectivity index (χ4n) is 2.04. The van der Waals surface area contributed by atoms with Crippen molar-refractivity contribution >= 4 is 25.8 Å². The number of benzene rings is 1. The van der Waals surface area contributed by atoms with Crippen LogP contribution in [0.2, 0.25) is 0 Å². The first-order valence-electron chi connectivity index (χ1n) is 6.60. The van der Waals surface area contributed by atoms with E-state index in [0.717, 1.165) is 10.9 Å². The van der Waals surface area contributed by atoms with E-state index in [9.17, 15) is 8.42 Å². The van der Waals surface area contributed by atoms with Crippen LogP contribution < -0.4 is 5.32 Å². The van der Waals surface area contributed by atoms with Crippen molar-refractivity contribution in [3.8, 4) is 0 Å². The molecule has 0 spiro atoms. The lowest BCUT2D eigenvalue weighted by atomic mass is 10.0. The minimum Gasteiger partial charge on any atom is -0.306 e. The third kappa shape index (κ3) is 5.63. The van der Waals surface area contributed by atoms with Crippen LogP contribution >= 0.6 is 15.9 Å². The summed E-state index contributed by atoms with van der Waals surface area (Å²) in [6.07, 6.45) is 0.929. The van der Waals surface area contributed by atoms with Crippen molar-refractivity contribution in [3.05, 3.63) is 34.3 Å². The van der Waals surface area contributed by atoms with Gasteiger partial charge in [-0.25, -0.2) is 8.42 Å². The Morgan fingerprint density at radius 2 is 1.79 bits per heavy atom. The second-order valence-electron chi connectivity index (χ2n) is 4.78. The molecule has 0 amide bonds. The van der Waals surface area contributed by atoms with Crippen molar-refractivity contribution in [2.75, 3.05) is 11.5 Å². The summed E-state index contributed by atoms with van der Waals surface area (Å²) < 4.78 is 24.3. The topological polar surface area (TPSA) is 46.2 Å². The zero-order valence-corrected chi connectivity index (χ0v) is 14.1. The highest BCUT2D eigenvalue weighted by atomic mass is 79.9. The monoisotopic (exact) mass is 347 g/mol. The lowest BCUT2D eigenvalue weighted by Gasteiger charge is -2.22. The van der Waals surface area contributed by atoms with Crippen LogP contribution in [0.3, 0.4) is 0 Å². The molecule has 19 heavy (non-hydrogen) atoms. The average Bonchev–Trinajstić information content (AvgIpc) is 2.36. The second kappa shape index (κ2) is 7.41. The summed E-state index contributed by atoms with van der Waals surface area (Å²) in [7, 11) is -2.93. The molecule has 1 aromatic carbocycles. The molecule has 0 aliphatic rings. The number of sulfone groups is 1. The molecule has 2 unspecified atom stereocenters. The molecule has 1 rings (SSSR count). The van der Waals surface area contributed by atoms with Gasteiger partial charge >= 0.3 is 0 Å². The van der Waals surface area contributed by atoms with Crippen molar-refractivity contribution in [1.29, 1.82) is 0 Å². The Labute approximate surface area is 124 Å². The van der Waals surface area contributed by atoms with Gasteiger partial charge in [0.2, 0.25) is 0 Å². The van der Waals surface area contributed by atoms with Crippen molar-refractivity contribution in [2.24, 2.45) is 0 Å². The van der Waals surface area contributed by atoms with Crippen LogP contribution in [-0.2, 0) is 9.84 Å². The van der Waals surface area contributed by atoms with Gasteiger partial charge in [-0.05, 0) is 31.0 Å². The highest BCUT2D eigenvalue weighted by Crippen LogP contribution is 2.20. The van der Waals surface area contributed by atoms with Gasteiger partial charge in [0.25, 0.3) is 0 Å². The van der Waals surface area contributed by atoms with Gasteiger partial charge in [-0.1, -0.05) is 41.9 Å². The molecule has 108 valence electrons. The van der Waals surface area contributed by atoms with E-state index in [4.69, 9.17) is 0 Å². The standard InChI is InChI=1S/C14H22BrNO2S/c1-4-14(12-6-8-13(15)9-7-12)16-11(3)10-19(17,18)5-2/h6-9,11,14,16H,4-5,10H2,1-3H3. The Kier molecular flexibility index (Phi) is 6.50. The van der Waals surface area contributed by atoms with Gasteiger partial charge in [0.05, 0.1) is 5.75 Å². The minimum absolute atomic E-state index is 0.0430. The normalized spacial score (nSPS) is 15.2. The van der Waals surface area contributed by atoms with Gasteiger partial charge in [0.15, 0.2) is 9.84 Å². The molecule has 1 N–H and O–H groups in total. The molecule has 1 aromatic rings. The number of nitrogens with one attached hydrogen (secondary N) is 1. The van der Waals surface area contributed by atoms with E-state index >= 15 is 0 Å². The Hall–Kier alpha value is -0.390. The lowest BCUT2D eigenvalue weighted by Crippen LogP contribution is -2.36. The van der Waals surface area contributed by atoms with E-state index in [-0.39, 0.29) is 23.6 Å². The average molecular weight is 348 g/mol. The van der Waals surface area contributed by atoms with E-state index < -0.39 is 9.84 Å². The first-order chi connectivity index (χ1) is 8.88. The molecule has 0 aliphatic heterocycles. The zero-order chi connectivity index (χ0) is 14.5. The van der Waals surface area contributed by atoms with Gasteiger partial charge in [-0.15, -0.1) is 0 Å². The van der Waals surface area contributed by atoms with Crippen LogP contribution in [0.15, 0.2) is 28.7 Å². The Bertz CT molecular complexity index is 485. The Morgan fingerprint density at radius 3 is 2.26 bits per heavy atom. The molecule has 0 saturated carbocycles. The molecule has 2 atom stereocenters. The maximum atomic E-state index is 11.6. The van der Waals surface area contributed by atoms with Crippen molar-refractivity contribution in [2.45, 2.75) is 39.3 Å². The van der Waals surface area contributed by atoms with Crippen LogP contribution in [0, 0.1) is 0 Å². The largest absolute Gasteiger partial charge is 0.306 e. The number of hydrogen-bond donors (Lipinski definition) is 1. The van der Waals surface area contributed by atoms with Gasteiger partial charge in [-0.3, -0.25) is 0 Å². The van der Waals surface area contributed by atoms with Gasteiger partial charge in [0.1, 0.15) is 0 Å². The summed E-state index contributed by atoms with van der Waals surface area (Å²) in [6.45, 7) is 5.71. The molecule has 3 nitrogen and oxygen atoms in total. The molecule has 0 bridgehead atoms. The van der Waals surface area contributed by atoms with Crippen LogP contribution in [0.25, 0.3) is 0 Å².